The average molecular weight is 280 g/mol. The molecule has 0 aliphatic heterocycles. The third-order valence-electron chi connectivity index (χ3n) is 2.95. The standard InChI is InChI=1S/C15H20O5/c1-11(16)19-9-15(3,10-20-12(2)17)13-6-5-7-14(8-13)18-4/h5-8H,9-10H2,1-4H3. The van der Waals surface area contributed by atoms with Gasteiger partial charge < -0.3 is 14.2 Å². The highest BCUT2D eigenvalue weighted by molar-refractivity contribution is 5.66. The summed E-state index contributed by atoms with van der Waals surface area (Å²) in [7, 11) is 1.58. The number of hydrogen-bond acceptors (Lipinski definition) is 5. The molecule has 0 radical (unpaired) electrons. The van der Waals surface area contributed by atoms with E-state index in [1.807, 2.05) is 31.2 Å². The molecule has 5 heteroatoms. The van der Waals surface area contributed by atoms with Gasteiger partial charge in [-0.1, -0.05) is 12.1 Å². The van der Waals surface area contributed by atoms with Crippen molar-refractivity contribution in [1.29, 1.82) is 0 Å². The van der Waals surface area contributed by atoms with E-state index in [4.69, 9.17) is 14.2 Å². The summed E-state index contributed by atoms with van der Waals surface area (Å²) in [4.78, 5) is 22.1. The van der Waals surface area contributed by atoms with Crippen molar-refractivity contribution in [2.24, 2.45) is 0 Å². The highest BCUT2D eigenvalue weighted by Crippen LogP contribution is 2.28. The van der Waals surface area contributed by atoms with Crippen LogP contribution >= 0.6 is 0 Å². The van der Waals surface area contributed by atoms with Crippen LogP contribution in [0.15, 0.2) is 24.3 Å². The molecule has 0 saturated carbocycles. The summed E-state index contributed by atoms with van der Waals surface area (Å²) < 4.78 is 15.4. The van der Waals surface area contributed by atoms with Crippen molar-refractivity contribution in [3.05, 3.63) is 29.8 Å². The van der Waals surface area contributed by atoms with Crippen LogP contribution < -0.4 is 4.74 Å². The summed E-state index contributed by atoms with van der Waals surface area (Å²) in [6.07, 6.45) is 0. The SMILES string of the molecule is COc1cccc(C(C)(COC(C)=O)COC(C)=O)c1. The summed E-state index contributed by atoms with van der Waals surface area (Å²) in [5.41, 5.74) is 0.255. The van der Waals surface area contributed by atoms with Gasteiger partial charge in [-0.05, 0) is 24.6 Å². The van der Waals surface area contributed by atoms with Crippen molar-refractivity contribution in [1.82, 2.24) is 0 Å². The van der Waals surface area contributed by atoms with E-state index in [0.29, 0.717) is 5.75 Å². The molecule has 0 saturated heterocycles. The third kappa shape index (κ3) is 4.57. The molecular formula is C15H20O5. The zero-order chi connectivity index (χ0) is 15.2. The van der Waals surface area contributed by atoms with Gasteiger partial charge in [0.2, 0.25) is 0 Å². The lowest BCUT2D eigenvalue weighted by molar-refractivity contribution is -0.147. The van der Waals surface area contributed by atoms with E-state index in [1.54, 1.807) is 7.11 Å². The Morgan fingerprint density at radius 3 is 2.10 bits per heavy atom. The summed E-state index contributed by atoms with van der Waals surface area (Å²) >= 11 is 0. The van der Waals surface area contributed by atoms with E-state index in [-0.39, 0.29) is 25.2 Å². The third-order valence-corrected chi connectivity index (χ3v) is 2.95. The normalized spacial score (nSPS) is 10.8. The van der Waals surface area contributed by atoms with Crippen molar-refractivity contribution in [2.45, 2.75) is 26.2 Å². The fraction of sp³-hybridized carbons (Fsp3) is 0.467. The van der Waals surface area contributed by atoms with Crippen LogP contribution in [0.2, 0.25) is 0 Å². The molecule has 0 N–H and O–H groups in total. The highest BCUT2D eigenvalue weighted by Gasteiger charge is 2.30. The van der Waals surface area contributed by atoms with Crippen molar-refractivity contribution in [3.8, 4) is 5.75 Å². The zero-order valence-corrected chi connectivity index (χ0v) is 12.3. The predicted molar refractivity (Wildman–Crippen MR) is 73.6 cm³/mol. The minimum absolute atomic E-state index is 0.128. The first-order valence-electron chi connectivity index (χ1n) is 6.28. The minimum atomic E-state index is -0.619. The van der Waals surface area contributed by atoms with Crippen LogP contribution in [0.25, 0.3) is 0 Å². The van der Waals surface area contributed by atoms with Gasteiger partial charge >= 0.3 is 11.9 Å². The molecule has 0 unspecified atom stereocenters. The van der Waals surface area contributed by atoms with Gasteiger partial charge in [-0.25, -0.2) is 0 Å². The molecule has 1 aromatic rings. The summed E-state index contributed by atoms with van der Waals surface area (Å²) in [5.74, 6) is -0.0525. The van der Waals surface area contributed by atoms with Crippen LogP contribution in [0.3, 0.4) is 0 Å². The molecule has 0 aliphatic carbocycles. The molecule has 1 rings (SSSR count). The number of methoxy groups -OCH3 is 1. The number of benzene rings is 1. The molecule has 20 heavy (non-hydrogen) atoms. The number of carbonyl (C=O) groups is 2. The summed E-state index contributed by atoms with van der Waals surface area (Å²) in [6, 6.07) is 7.39. The van der Waals surface area contributed by atoms with E-state index < -0.39 is 5.41 Å². The van der Waals surface area contributed by atoms with Crippen LogP contribution in [0.4, 0.5) is 0 Å². The second-order valence-electron chi connectivity index (χ2n) is 4.85. The van der Waals surface area contributed by atoms with Crippen molar-refractivity contribution in [2.75, 3.05) is 20.3 Å². The van der Waals surface area contributed by atoms with Gasteiger partial charge in [0.05, 0.1) is 12.5 Å². The first-order valence-corrected chi connectivity index (χ1v) is 6.28. The van der Waals surface area contributed by atoms with Crippen LogP contribution in [0.1, 0.15) is 26.3 Å². The van der Waals surface area contributed by atoms with Gasteiger partial charge in [-0.2, -0.15) is 0 Å². The Labute approximate surface area is 118 Å². The lowest BCUT2D eigenvalue weighted by Gasteiger charge is -2.29. The Bertz CT molecular complexity index is 463. The second-order valence-corrected chi connectivity index (χ2v) is 4.85. The van der Waals surface area contributed by atoms with Crippen molar-refractivity contribution < 1.29 is 23.8 Å². The van der Waals surface area contributed by atoms with Gasteiger partial charge in [0.25, 0.3) is 0 Å². The van der Waals surface area contributed by atoms with E-state index >= 15 is 0 Å². The molecular weight excluding hydrogens is 260 g/mol. The Hall–Kier alpha value is -2.04. The summed E-state index contributed by atoms with van der Waals surface area (Å²) in [5, 5.41) is 0. The number of hydrogen-bond donors (Lipinski definition) is 0. The monoisotopic (exact) mass is 280 g/mol. The minimum Gasteiger partial charge on any atom is -0.497 e. The first-order chi connectivity index (χ1) is 9.37. The quantitative estimate of drug-likeness (QED) is 0.747. The molecule has 0 bridgehead atoms. The number of ether oxygens (including phenoxy) is 3. The Morgan fingerprint density at radius 1 is 1.10 bits per heavy atom. The maximum absolute atomic E-state index is 11.0. The molecule has 0 aromatic heterocycles. The van der Waals surface area contributed by atoms with E-state index in [2.05, 4.69) is 0 Å². The molecule has 0 fully saturated rings. The Kier molecular flexibility index (Phi) is 5.55. The maximum Gasteiger partial charge on any atom is 0.302 e. The van der Waals surface area contributed by atoms with Crippen LogP contribution in [-0.2, 0) is 24.5 Å². The lowest BCUT2D eigenvalue weighted by Crippen LogP contribution is -2.35. The van der Waals surface area contributed by atoms with Crippen LogP contribution in [0, 0.1) is 0 Å². The average Bonchev–Trinajstić information content (AvgIpc) is 2.43. The van der Waals surface area contributed by atoms with E-state index in [0.717, 1.165) is 5.56 Å². The van der Waals surface area contributed by atoms with Gasteiger partial charge in [-0.3, -0.25) is 9.59 Å². The van der Waals surface area contributed by atoms with E-state index in [9.17, 15) is 9.59 Å². The van der Waals surface area contributed by atoms with Crippen molar-refractivity contribution in [3.63, 3.8) is 0 Å². The molecule has 1 aromatic carbocycles. The molecule has 0 spiro atoms. The van der Waals surface area contributed by atoms with Gasteiger partial charge in [0, 0.05) is 13.8 Å². The number of carbonyl (C=O) groups excluding carboxylic acids is 2. The molecule has 5 nitrogen and oxygen atoms in total. The lowest BCUT2D eigenvalue weighted by atomic mass is 9.84. The van der Waals surface area contributed by atoms with E-state index in [1.165, 1.54) is 13.8 Å². The largest absolute Gasteiger partial charge is 0.497 e. The Morgan fingerprint density at radius 2 is 1.65 bits per heavy atom. The fourth-order valence-electron chi connectivity index (χ4n) is 1.73. The smallest absolute Gasteiger partial charge is 0.302 e. The maximum atomic E-state index is 11.0. The second kappa shape index (κ2) is 6.93. The molecule has 110 valence electrons. The topological polar surface area (TPSA) is 61.8 Å². The zero-order valence-electron chi connectivity index (χ0n) is 12.3. The number of rotatable bonds is 6. The van der Waals surface area contributed by atoms with Crippen LogP contribution in [-0.4, -0.2) is 32.3 Å². The van der Waals surface area contributed by atoms with Gasteiger partial charge in [-0.15, -0.1) is 0 Å². The predicted octanol–water partition coefficient (Wildman–Crippen LogP) is 2.08. The molecule has 0 amide bonds. The van der Waals surface area contributed by atoms with Crippen molar-refractivity contribution >= 4 is 11.9 Å². The molecule has 0 atom stereocenters. The molecule has 0 aliphatic rings. The fourth-order valence-corrected chi connectivity index (χ4v) is 1.73. The molecule has 0 heterocycles. The highest BCUT2D eigenvalue weighted by atomic mass is 16.5. The summed E-state index contributed by atoms with van der Waals surface area (Å²) in [6.45, 7) is 4.81. The van der Waals surface area contributed by atoms with Gasteiger partial charge in [0.1, 0.15) is 19.0 Å². The first kappa shape index (κ1) is 16.0. The van der Waals surface area contributed by atoms with Gasteiger partial charge in [0.15, 0.2) is 0 Å². The number of esters is 2. The Balaban J connectivity index is 3.00. The van der Waals surface area contributed by atoms with Crippen LogP contribution in [0.5, 0.6) is 5.75 Å².